The number of benzene rings is 1. The van der Waals surface area contributed by atoms with Gasteiger partial charge in [0.2, 0.25) is 0 Å². The highest BCUT2D eigenvalue weighted by Gasteiger charge is 2.34. The SMILES string of the molecule is C=CCNS(=O)(=O)c1sc2c(c1C(=O)OC)CCN(C(=O)c1ccc(Cl)cc1)C2. The quantitative estimate of drug-likeness (QED) is 0.535. The number of hydrogen-bond acceptors (Lipinski definition) is 6. The normalized spacial score (nSPS) is 13.7. The zero-order valence-electron chi connectivity index (χ0n) is 15.6. The lowest BCUT2D eigenvalue weighted by Crippen LogP contribution is -2.35. The number of amides is 1. The molecule has 0 saturated carbocycles. The second-order valence-corrected chi connectivity index (χ2v) is 9.79. The van der Waals surface area contributed by atoms with E-state index in [2.05, 4.69) is 11.3 Å². The standard InChI is InChI=1S/C19H19ClN2O5S2/c1-3-9-21-29(25,26)19-16(18(24)27-2)14-8-10-22(11-15(14)28-19)17(23)12-4-6-13(20)7-5-12/h3-7,21H,1,8-11H2,2H3. The summed E-state index contributed by atoms with van der Waals surface area (Å²) in [6.07, 6.45) is 1.77. The molecular formula is C19H19ClN2O5S2. The molecular weight excluding hydrogens is 436 g/mol. The van der Waals surface area contributed by atoms with Gasteiger partial charge in [-0.1, -0.05) is 17.7 Å². The van der Waals surface area contributed by atoms with Crippen LogP contribution in [0.2, 0.25) is 5.02 Å². The maximum Gasteiger partial charge on any atom is 0.340 e. The maximum atomic E-state index is 12.8. The van der Waals surface area contributed by atoms with Crippen molar-refractivity contribution in [2.24, 2.45) is 0 Å². The lowest BCUT2D eigenvalue weighted by atomic mass is 10.0. The summed E-state index contributed by atoms with van der Waals surface area (Å²) in [7, 11) is -2.71. The van der Waals surface area contributed by atoms with Gasteiger partial charge >= 0.3 is 5.97 Å². The van der Waals surface area contributed by atoms with Gasteiger partial charge in [-0.3, -0.25) is 4.79 Å². The van der Waals surface area contributed by atoms with Gasteiger partial charge in [0.05, 0.1) is 19.2 Å². The van der Waals surface area contributed by atoms with Crippen LogP contribution < -0.4 is 4.72 Å². The monoisotopic (exact) mass is 454 g/mol. The number of halogens is 1. The van der Waals surface area contributed by atoms with Crippen molar-refractivity contribution in [3.8, 4) is 0 Å². The van der Waals surface area contributed by atoms with Gasteiger partial charge in [0.15, 0.2) is 0 Å². The molecule has 2 aromatic rings. The van der Waals surface area contributed by atoms with E-state index in [-0.39, 0.29) is 28.8 Å². The van der Waals surface area contributed by atoms with Crippen LogP contribution in [-0.2, 0) is 27.7 Å². The van der Waals surface area contributed by atoms with Crippen molar-refractivity contribution in [3.63, 3.8) is 0 Å². The third-order valence-corrected chi connectivity index (χ3v) is 7.86. The molecule has 0 atom stereocenters. The fourth-order valence-corrected chi connectivity index (χ4v) is 6.13. The number of carbonyl (C=O) groups is 2. The van der Waals surface area contributed by atoms with E-state index in [1.807, 2.05) is 0 Å². The maximum absolute atomic E-state index is 12.8. The van der Waals surface area contributed by atoms with Crippen LogP contribution in [0.5, 0.6) is 0 Å². The Morgan fingerprint density at radius 1 is 1.34 bits per heavy atom. The first-order valence-electron chi connectivity index (χ1n) is 8.66. The van der Waals surface area contributed by atoms with Gasteiger partial charge in [-0.25, -0.2) is 17.9 Å². The highest BCUT2D eigenvalue weighted by molar-refractivity contribution is 7.91. The van der Waals surface area contributed by atoms with Crippen LogP contribution in [-0.4, -0.2) is 45.4 Å². The Morgan fingerprint density at radius 2 is 2.03 bits per heavy atom. The van der Waals surface area contributed by atoms with Gasteiger partial charge in [0.1, 0.15) is 4.21 Å². The average molecular weight is 455 g/mol. The largest absolute Gasteiger partial charge is 0.465 e. The van der Waals surface area contributed by atoms with Gasteiger partial charge in [0, 0.05) is 28.6 Å². The van der Waals surface area contributed by atoms with Crippen molar-refractivity contribution < 1.29 is 22.7 Å². The van der Waals surface area contributed by atoms with E-state index in [0.29, 0.717) is 34.0 Å². The van der Waals surface area contributed by atoms with Gasteiger partial charge in [0.25, 0.3) is 15.9 Å². The zero-order chi connectivity index (χ0) is 21.2. The Labute approximate surface area is 178 Å². The topological polar surface area (TPSA) is 92.8 Å². The van der Waals surface area contributed by atoms with Crippen molar-refractivity contribution >= 4 is 44.8 Å². The number of esters is 1. The molecule has 1 amide bonds. The second kappa shape index (κ2) is 8.66. The fraction of sp³-hybridized carbons (Fsp3) is 0.263. The Bertz CT molecular complexity index is 1060. The van der Waals surface area contributed by atoms with Crippen molar-refractivity contribution in [2.45, 2.75) is 17.2 Å². The first-order chi connectivity index (χ1) is 13.8. The molecule has 0 spiro atoms. The summed E-state index contributed by atoms with van der Waals surface area (Å²) in [5.74, 6) is -0.895. The van der Waals surface area contributed by atoms with E-state index in [1.165, 1.54) is 13.2 Å². The molecule has 2 heterocycles. The number of nitrogens with zero attached hydrogens (tertiary/aromatic N) is 1. The number of sulfonamides is 1. The number of carbonyl (C=O) groups excluding carboxylic acids is 2. The number of hydrogen-bond donors (Lipinski definition) is 1. The number of methoxy groups -OCH3 is 1. The van der Waals surface area contributed by atoms with Gasteiger partial charge in [-0.05, 0) is 36.2 Å². The summed E-state index contributed by atoms with van der Waals surface area (Å²) in [6, 6.07) is 6.56. The predicted molar refractivity (Wildman–Crippen MR) is 111 cm³/mol. The van der Waals surface area contributed by atoms with E-state index < -0.39 is 16.0 Å². The highest BCUT2D eigenvalue weighted by atomic mass is 35.5. The van der Waals surface area contributed by atoms with Crippen LogP contribution >= 0.6 is 22.9 Å². The minimum Gasteiger partial charge on any atom is -0.465 e. The van der Waals surface area contributed by atoms with Crippen LogP contribution in [0.3, 0.4) is 0 Å². The van der Waals surface area contributed by atoms with Gasteiger partial charge in [-0.15, -0.1) is 17.9 Å². The van der Waals surface area contributed by atoms with E-state index in [1.54, 1.807) is 29.2 Å². The Morgan fingerprint density at radius 3 is 2.66 bits per heavy atom. The van der Waals surface area contributed by atoms with Crippen LogP contribution in [0.15, 0.2) is 41.1 Å². The number of fused-ring (bicyclic) bond motifs is 1. The summed E-state index contributed by atoms with van der Waals surface area (Å²) < 4.78 is 32.4. The molecule has 0 unspecified atom stereocenters. The van der Waals surface area contributed by atoms with Gasteiger partial charge in [-0.2, -0.15) is 0 Å². The number of nitrogens with one attached hydrogen (secondary N) is 1. The fourth-order valence-electron chi connectivity index (χ4n) is 3.06. The molecule has 0 aliphatic carbocycles. The van der Waals surface area contributed by atoms with Crippen molar-refractivity contribution in [1.29, 1.82) is 0 Å². The van der Waals surface area contributed by atoms with E-state index in [0.717, 1.165) is 11.3 Å². The molecule has 0 saturated heterocycles. The Balaban J connectivity index is 1.96. The van der Waals surface area contributed by atoms with Crippen molar-refractivity contribution in [1.82, 2.24) is 9.62 Å². The molecule has 1 aromatic carbocycles. The first kappa shape index (κ1) is 21.5. The summed E-state index contributed by atoms with van der Waals surface area (Å²) >= 11 is 6.86. The van der Waals surface area contributed by atoms with Crippen LogP contribution in [0.4, 0.5) is 0 Å². The number of thiophene rings is 1. The molecule has 1 aliphatic heterocycles. The molecule has 3 rings (SSSR count). The molecule has 1 N–H and O–H groups in total. The Hall–Kier alpha value is -2.20. The first-order valence-corrected chi connectivity index (χ1v) is 11.3. The zero-order valence-corrected chi connectivity index (χ0v) is 18.0. The summed E-state index contributed by atoms with van der Waals surface area (Å²) in [6.45, 7) is 4.09. The molecule has 0 radical (unpaired) electrons. The highest BCUT2D eigenvalue weighted by Crippen LogP contribution is 2.37. The van der Waals surface area contributed by atoms with Crippen LogP contribution in [0.1, 0.15) is 31.2 Å². The third-order valence-electron chi connectivity index (χ3n) is 4.45. The summed E-state index contributed by atoms with van der Waals surface area (Å²) in [4.78, 5) is 27.4. The molecule has 29 heavy (non-hydrogen) atoms. The van der Waals surface area contributed by atoms with Gasteiger partial charge < -0.3 is 9.64 Å². The average Bonchev–Trinajstić information content (AvgIpc) is 3.11. The lowest BCUT2D eigenvalue weighted by molar-refractivity contribution is 0.0595. The molecule has 0 fully saturated rings. The van der Waals surface area contributed by atoms with Crippen molar-refractivity contribution in [3.05, 3.63) is 63.5 Å². The van der Waals surface area contributed by atoms with E-state index >= 15 is 0 Å². The van der Waals surface area contributed by atoms with E-state index in [9.17, 15) is 18.0 Å². The van der Waals surface area contributed by atoms with Crippen molar-refractivity contribution in [2.75, 3.05) is 20.2 Å². The molecule has 7 nitrogen and oxygen atoms in total. The molecule has 1 aliphatic rings. The smallest absolute Gasteiger partial charge is 0.340 e. The number of rotatable bonds is 6. The summed E-state index contributed by atoms with van der Waals surface area (Å²) in [5, 5.41) is 0.533. The van der Waals surface area contributed by atoms with E-state index in [4.69, 9.17) is 16.3 Å². The third kappa shape index (κ3) is 4.37. The lowest BCUT2D eigenvalue weighted by Gasteiger charge is -2.27. The molecule has 0 bridgehead atoms. The predicted octanol–water partition coefficient (Wildman–Crippen LogP) is 2.85. The second-order valence-electron chi connectivity index (χ2n) is 6.28. The van der Waals surface area contributed by atoms with Crippen LogP contribution in [0.25, 0.3) is 0 Å². The van der Waals surface area contributed by atoms with Crippen LogP contribution in [0, 0.1) is 0 Å². The molecule has 10 heteroatoms. The minimum absolute atomic E-state index is 0.0344. The number of ether oxygens (including phenoxy) is 1. The Kier molecular flexibility index (Phi) is 6.42. The molecule has 154 valence electrons. The molecule has 1 aromatic heterocycles. The summed E-state index contributed by atoms with van der Waals surface area (Å²) in [5.41, 5.74) is 1.15. The minimum atomic E-state index is -3.92.